The van der Waals surface area contributed by atoms with Crippen LogP contribution in [0.2, 0.25) is 5.02 Å². The Bertz CT molecular complexity index is 1910. The summed E-state index contributed by atoms with van der Waals surface area (Å²) in [5.41, 5.74) is 1.98. The number of amides is 2. The predicted molar refractivity (Wildman–Crippen MR) is 186 cm³/mol. The third-order valence-electron chi connectivity index (χ3n) is 9.55. The molecule has 2 aromatic carbocycles. The minimum absolute atomic E-state index is 0.0198. The van der Waals surface area contributed by atoms with Gasteiger partial charge in [0.1, 0.15) is 0 Å². The van der Waals surface area contributed by atoms with Gasteiger partial charge >= 0.3 is 0 Å². The number of anilines is 1. The molecule has 2 aromatic heterocycles. The molecule has 51 heavy (non-hydrogen) atoms. The summed E-state index contributed by atoms with van der Waals surface area (Å²) in [6, 6.07) is 7.31. The molecule has 0 bridgehead atoms. The van der Waals surface area contributed by atoms with Crippen LogP contribution in [0, 0.1) is 24.5 Å². The zero-order valence-electron chi connectivity index (χ0n) is 28.6. The second-order valence-corrected chi connectivity index (χ2v) is 13.2. The fourth-order valence-corrected chi connectivity index (χ4v) is 6.88. The lowest BCUT2D eigenvalue weighted by Gasteiger charge is -2.36. The SMILES string of the molecule is COCCn1cc(-c2ccc(-c3cnc(C(O)Nc4ccc(C(=O)N5CCN(C(=O)[C@@H]6CC(CO)CN6)CC5)c(Cl)c4)n3C)c(F)c2F)c(C)n1. The molecule has 3 atom stereocenters. The first kappa shape index (κ1) is 36.4. The molecule has 2 fully saturated rings. The largest absolute Gasteiger partial charge is 0.396 e. The summed E-state index contributed by atoms with van der Waals surface area (Å²) in [5.74, 6) is -2.18. The maximum Gasteiger partial charge on any atom is 0.255 e. The molecule has 2 aliphatic heterocycles. The van der Waals surface area contributed by atoms with Crippen molar-refractivity contribution in [2.75, 3.05) is 58.4 Å². The highest BCUT2D eigenvalue weighted by molar-refractivity contribution is 6.34. The standard InChI is InChI=1S/C35H41ClF2N8O5/c1-20-26(18-46(42-20)12-13-51-3)23-6-7-25(31(38)30(23)37)29-17-40-32(43(29)2)33(48)41-22-4-5-24(27(36)15-22)34(49)44-8-10-45(11-9-44)35(50)28-14-21(19-47)16-39-28/h4-7,15,17-18,21,28,33,39,41,47-48H,8-14,16,19H2,1-3H3/t21?,28-,33?/m0/s1. The van der Waals surface area contributed by atoms with Crippen LogP contribution in [-0.2, 0) is 23.1 Å². The van der Waals surface area contributed by atoms with E-state index in [9.17, 15) is 19.8 Å². The van der Waals surface area contributed by atoms with E-state index in [0.29, 0.717) is 69.2 Å². The van der Waals surface area contributed by atoms with Gasteiger partial charge in [0.2, 0.25) is 5.91 Å². The third kappa shape index (κ3) is 7.48. The number of halogens is 3. The number of aliphatic hydroxyl groups is 2. The van der Waals surface area contributed by atoms with Crippen molar-refractivity contribution in [1.29, 1.82) is 0 Å². The second kappa shape index (κ2) is 15.5. The van der Waals surface area contributed by atoms with E-state index in [0.717, 1.165) is 0 Å². The van der Waals surface area contributed by atoms with Gasteiger partial charge in [-0.3, -0.25) is 14.3 Å². The minimum Gasteiger partial charge on any atom is -0.396 e. The molecular weight excluding hydrogens is 686 g/mol. The molecule has 272 valence electrons. The fourth-order valence-electron chi connectivity index (χ4n) is 6.62. The first-order valence-corrected chi connectivity index (χ1v) is 17.1. The Morgan fingerprint density at radius 1 is 1.10 bits per heavy atom. The number of piperazine rings is 1. The number of hydrogen-bond acceptors (Lipinski definition) is 9. The molecule has 13 nitrogen and oxygen atoms in total. The maximum atomic E-state index is 15.5. The van der Waals surface area contributed by atoms with Gasteiger partial charge in [0, 0.05) is 82.1 Å². The van der Waals surface area contributed by atoms with Crippen LogP contribution in [0.1, 0.15) is 34.5 Å². The van der Waals surface area contributed by atoms with Crippen molar-refractivity contribution in [3.63, 3.8) is 0 Å². The Kier molecular flexibility index (Phi) is 11.0. The Balaban J connectivity index is 1.09. The van der Waals surface area contributed by atoms with Crippen LogP contribution in [0.3, 0.4) is 0 Å². The van der Waals surface area contributed by atoms with Crippen molar-refractivity contribution in [2.45, 2.75) is 32.2 Å². The Morgan fingerprint density at radius 3 is 2.49 bits per heavy atom. The number of aromatic nitrogens is 4. The van der Waals surface area contributed by atoms with Crippen molar-refractivity contribution in [3.8, 4) is 22.4 Å². The van der Waals surface area contributed by atoms with E-state index in [2.05, 4.69) is 20.7 Å². The average molecular weight is 727 g/mol. The normalized spacial score (nSPS) is 18.4. The van der Waals surface area contributed by atoms with Crippen LogP contribution >= 0.6 is 11.6 Å². The van der Waals surface area contributed by atoms with Crippen molar-refractivity contribution in [2.24, 2.45) is 13.0 Å². The molecule has 0 spiro atoms. The summed E-state index contributed by atoms with van der Waals surface area (Å²) in [4.78, 5) is 33.9. The van der Waals surface area contributed by atoms with E-state index in [-0.39, 0.29) is 63.6 Å². The summed E-state index contributed by atoms with van der Waals surface area (Å²) in [5, 5.41) is 31.0. The van der Waals surface area contributed by atoms with E-state index >= 15 is 8.78 Å². The molecule has 4 heterocycles. The van der Waals surface area contributed by atoms with Gasteiger partial charge in [0.25, 0.3) is 5.91 Å². The van der Waals surface area contributed by atoms with Crippen LogP contribution in [-0.4, -0.2) is 110 Å². The smallest absolute Gasteiger partial charge is 0.255 e. The van der Waals surface area contributed by atoms with E-state index in [1.165, 1.54) is 29.0 Å². The number of rotatable bonds is 11. The summed E-state index contributed by atoms with van der Waals surface area (Å²) in [6.07, 6.45) is 2.24. The van der Waals surface area contributed by atoms with Crippen molar-refractivity contribution >= 4 is 29.1 Å². The van der Waals surface area contributed by atoms with Crippen LogP contribution in [0.15, 0.2) is 42.7 Å². The first-order valence-electron chi connectivity index (χ1n) is 16.7. The van der Waals surface area contributed by atoms with E-state index in [1.54, 1.807) is 53.9 Å². The van der Waals surface area contributed by atoms with Gasteiger partial charge in [0.15, 0.2) is 23.7 Å². The third-order valence-corrected chi connectivity index (χ3v) is 9.86. The summed E-state index contributed by atoms with van der Waals surface area (Å²) in [6.45, 7) is 4.75. The molecule has 0 radical (unpaired) electrons. The second-order valence-electron chi connectivity index (χ2n) is 12.8. The van der Waals surface area contributed by atoms with Crippen molar-refractivity contribution in [3.05, 3.63) is 76.5 Å². The zero-order valence-corrected chi connectivity index (χ0v) is 29.3. The molecule has 2 unspecified atom stereocenters. The lowest BCUT2D eigenvalue weighted by molar-refractivity contribution is -0.134. The van der Waals surface area contributed by atoms with Crippen LogP contribution in [0.5, 0.6) is 0 Å². The average Bonchev–Trinajstić information content (AvgIpc) is 3.86. The molecule has 2 aliphatic rings. The number of benzene rings is 2. The van der Waals surface area contributed by atoms with Gasteiger partial charge in [-0.05, 0) is 43.5 Å². The van der Waals surface area contributed by atoms with Gasteiger partial charge in [-0.2, -0.15) is 5.10 Å². The zero-order chi connectivity index (χ0) is 36.4. The lowest BCUT2D eigenvalue weighted by atomic mass is 10.0. The fraction of sp³-hybridized carbons (Fsp3) is 0.429. The van der Waals surface area contributed by atoms with Gasteiger partial charge in [-0.25, -0.2) is 13.8 Å². The molecule has 0 saturated carbocycles. The molecule has 2 amide bonds. The van der Waals surface area contributed by atoms with E-state index in [4.69, 9.17) is 16.3 Å². The van der Waals surface area contributed by atoms with E-state index < -0.39 is 17.9 Å². The molecule has 2 saturated heterocycles. The molecule has 0 aliphatic carbocycles. The number of aryl methyl sites for hydroxylation is 1. The minimum atomic E-state index is -1.36. The van der Waals surface area contributed by atoms with Crippen molar-refractivity contribution < 1.29 is 33.3 Å². The monoisotopic (exact) mass is 726 g/mol. The number of aliphatic hydroxyl groups excluding tert-OH is 2. The molecular formula is C35H41ClF2N8O5. The van der Waals surface area contributed by atoms with Gasteiger partial charge < -0.3 is 40.0 Å². The van der Waals surface area contributed by atoms with E-state index in [1.807, 2.05) is 0 Å². The molecule has 16 heteroatoms. The van der Waals surface area contributed by atoms with Gasteiger partial charge in [-0.15, -0.1) is 0 Å². The van der Waals surface area contributed by atoms with Crippen molar-refractivity contribution in [1.82, 2.24) is 34.4 Å². The Hall–Kier alpha value is -4.41. The molecule has 6 rings (SSSR count). The van der Waals surface area contributed by atoms with Crippen LogP contribution < -0.4 is 10.6 Å². The number of methoxy groups -OCH3 is 1. The molecule has 4 aromatic rings. The summed E-state index contributed by atoms with van der Waals surface area (Å²) in [7, 11) is 3.15. The maximum absolute atomic E-state index is 15.5. The van der Waals surface area contributed by atoms with Crippen LogP contribution in [0.25, 0.3) is 22.4 Å². The Morgan fingerprint density at radius 2 is 1.80 bits per heavy atom. The molecule has 4 N–H and O–H groups in total. The lowest BCUT2D eigenvalue weighted by Crippen LogP contribution is -2.54. The Labute approximate surface area is 298 Å². The summed E-state index contributed by atoms with van der Waals surface area (Å²) < 4.78 is 39.1. The first-order chi connectivity index (χ1) is 24.5. The number of nitrogens with zero attached hydrogens (tertiary/aromatic N) is 6. The number of carbonyl (C=O) groups is 2. The highest BCUT2D eigenvalue weighted by Gasteiger charge is 2.34. The number of hydrogen-bond donors (Lipinski definition) is 4. The van der Waals surface area contributed by atoms with Gasteiger partial charge in [-0.1, -0.05) is 17.7 Å². The quantitative estimate of drug-likeness (QED) is 0.171. The number of carbonyl (C=O) groups excluding carboxylic acids is 2. The highest BCUT2D eigenvalue weighted by Crippen LogP contribution is 2.34. The number of ether oxygens (including phenoxy) is 1. The van der Waals surface area contributed by atoms with Gasteiger partial charge in [0.05, 0.1) is 47.4 Å². The number of imidazole rings is 1. The van der Waals surface area contributed by atoms with Crippen LogP contribution in [0.4, 0.5) is 14.5 Å². The predicted octanol–water partition coefficient (Wildman–Crippen LogP) is 3.19. The topological polar surface area (TPSA) is 150 Å². The number of nitrogens with one attached hydrogen (secondary N) is 2. The summed E-state index contributed by atoms with van der Waals surface area (Å²) >= 11 is 6.53. The highest BCUT2D eigenvalue weighted by atomic mass is 35.5.